The quantitative estimate of drug-likeness (QED) is 0.841. The van der Waals surface area contributed by atoms with Gasteiger partial charge in [0.1, 0.15) is 5.82 Å². The van der Waals surface area contributed by atoms with Crippen molar-refractivity contribution < 1.29 is 12.8 Å². The maximum atomic E-state index is 13.1. The number of nitrogens with zero attached hydrogens (tertiary/aromatic N) is 1. The van der Waals surface area contributed by atoms with Gasteiger partial charge < -0.3 is 5.32 Å². The van der Waals surface area contributed by atoms with Gasteiger partial charge >= 0.3 is 10.2 Å². The lowest BCUT2D eigenvalue weighted by Gasteiger charge is -2.31. The van der Waals surface area contributed by atoms with Crippen LogP contribution in [-0.4, -0.2) is 38.9 Å². The second-order valence-electron chi connectivity index (χ2n) is 5.27. The number of anilines is 1. The highest BCUT2D eigenvalue weighted by atomic mass is 32.2. The largest absolute Gasteiger partial charge is 0.317 e. The Morgan fingerprint density at radius 3 is 2.67 bits per heavy atom. The molecular weight excluding hydrogens is 293 g/mol. The van der Waals surface area contributed by atoms with E-state index < -0.39 is 16.0 Å². The standard InChI is InChI=1S/C14H22FN3O2S/c1-2-16-11-12-6-8-18(9-7-12)21(19,20)17-14-5-3-4-13(15)10-14/h3-5,10,12,16-17H,2,6-9,11H2,1H3. The first-order valence-corrected chi connectivity index (χ1v) is 8.69. The number of nitrogens with one attached hydrogen (secondary N) is 2. The highest BCUT2D eigenvalue weighted by Crippen LogP contribution is 2.20. The van der Waals surface area contributed by atoms with Gasteiger partial charge in [0.2, 0.25) is 0 Å². The molecule has 1 aromatic rings. The molecule has 0 aromatic heterocycles. The van der Waals surface area contributed by atoms with Crippen molar-refractivity contribution >= 4 is 15.9 Å². The van der Waals surface area contributed by atoms with Crippen molar-refractivity contribution in [1.29, 1.82) is 0 Å². The summed E-state index contributed by atoms with van der Waals surface area (Å²) >= 11 is 0. The van der Waals surface area contributed by atoms with Crippen LogP contribution in [0.4, 0.5) is 10.1 Å². The van der Waals surface area contributed by atoms with Gasteiger partial charge in [-0.15, -0.1) is 0 Å². The molecule has 1 saturated heterocycles. The van der Waals surface area contributed by atoms with E-state index in [2.05, 4.69) is 17.0 Å². The second-order valence-corrected chi connectivity index (χ2v) is 6.94. The minimum absolute atomic E-state index is 0.254. The summed E-state index contributed by atoms with van der Waals surface area (Å²) < 4.78 is 41.5. The normalized spacial score (nSPS) is 17.8. The van der Waals surface area contributed by atoms with Crippen LogP contribution >= 0.6 is 0 Å². The molecule has 0 radical (unpaired) electrons. The average Bonchev–Trinajstić information content (AvgIpc) is 2.45. The molecule has 0 amide bonds. The smallest absolute Gasteiger partial charge is 0.301 e. The van der Waals surface area contributed by atoms with Gasteiger partial charge in [-0.2, -0.15) is 12.7 Å². The predicted octanol–water partition coefficient (Wildman–Crippen LogP) is 1.80. The van der Waals surface area contributed by atoms with E-state index in [1.54, 1.807) is 6.07 Å². The summed E-state index contributed by atoms with van der Waals surface area (Å²) in [6.07, 6.45) is 1.69. The minimum atomic E-state index is -3.60. The van der Waals surface area contributed by atoms with Crippen molar-refractivity contribution in [2.24, 2.45) is 5.92 Å². The number of halogens is 1. The zero-order chi connectivity index (χ0) is 15.3. The van der Waals surface area contributed by atoms with Crippen molar-refractivity contribution in [2.45, 2.75) is 19.8 Å². The first kappa shape index (κ1) is 16.2. The zero-order valence-electron chi connectivity index (χ0n) is 12.2. The van der Waals surface area contributed by atoms with Gasteiger partial charge in [0.15, 0.2) is 0 Å². The third-order valence-corrected chi connectivity index (χ3v) is 5.21. The maximum absolute atomic E-state index is 13.1. The topological polar surface area (TPSA) is 61.4 Å². The van der Waals surface area contributed by atoms with E-state index in [1.807, 2.05) is 0 Å². The van der Waals surface area contributed by atoms with E-state index in [0.29, 0.717) is 19.0 Å². The summed E-state index contributed by atoms with van der Waals surface area (Å²) in [4.78, 5) is 0. The Labute approximate surface area is 125 Å². The van der Waals surface area contributed by atoms with Gasteiger partial charge in [0.25, 0.3) is 0 Å². The molecule has 1 heterocycles. The number of hydrogen-bond donors (Lipinski definition) is 2. The predicted molar refractivity (Wildman–Crippen MR) is 81.8 cm³/mol. The van der Waals surface area contributed by atoms with Crippen LogP contribution in [0.5, 0.6) is 0 Å². The number of rotatable bonds is 6. The Kier molecular flexibility index (Phi) is 5.55. The Morgan fingerprint density at radius 2 is 2.05 bits per heavy atom. The highest BCUT2D eigenvalue weighted by Gasteiger charge is 2.27. The highest BCUT2D eigenvalue weighted by molar-refractivity contribution is 7.90. The van der Waals surface area contributed by atoms with E-state index in [4.69, 9.17) is 0 Å². The van der Waals surface area contributed by atoms with Crippen LogP contribution in [0.1, 0.15) is 19.8 Å². The minimum Gasteiger partial charge on any atom is -0.317 e. The van der Waals surface area contributed by atoms with Crippen molar-refractivity contribution in [3.63, 3.8) is 0 Å². The molecule has 7 heteroatoms. The first-order valence-electron chi connectivity index (χ1n) is 7.25. The number of benzene rings is 1. The van der Waals surface area contributed by atoms with Gasteiger partial charge in [0.05, 0.1) is 5.69 Å². The van der Waals surface area contributed by atoms with Gasteiger partial charge in [-0.3, -0.25) is 4.72 Å². The third kappa shape index (κ3) is 4.66. The molecule has 2 rings (SSSR count). The summed E-state index contributed by atoms with van der Waals surface area (Å²) in [5.41, 5.74) is 0.254. The van der Waals surface area contributed by atoms with Crippen LogP contribution in [-0.2, 0) is 10.2 Å². The van der Waals surface area contributed by atoms with Crippen LogP contribution in [0.15, 0.2) is 24.3 Å². The summed E-state index contributed by atoms with van der Waals surface area (Å²) in [5.74, 6) is 0.0603. The second kappa shape index (κ2) is 7.20. The SMILES string of the molecule is CCNCC1CCN(S(=O)(=O)Nc2cccc(F)c2)CC1. The fourth-order valence-corrected chi connectivity index (χ4v) is 3.71. The summed E-state index contributed by atoms with van der Waals surface area (Å²) in [6.45, 7) is 4.92. The summed E-state index contributed by atoms with van der Waals surface area (Å²) in [6, 6.07) is 5.48. The van der Waals surface area contributed by atoms with Gasteiger partial charge in [-0.25, -0.2) is 4.39 Å². The van der Waals surface area contributed by atoms with Crippen LogP contribution < -0.4 is 10.0 Å². The molecule has 0 aliphatic carbocycles. The average molecular weight is 315 g/mol. The summed E-state index contributed by atoms with van der Waals surface area (Å²) in [5, 5.41) is 3.29. The molecule has 1 aliphatic rings. The van der Waals surface area contributed by atoms with E-state index in [0.717, 1.165) is 25.9 Å². The van der Waals surface area contributed by atoms with Gasteiger partial charge in [0, 0.05) is 13.1 Å². The van der Waals surface area contributed by atoms with Crippen LogP contribution in [0.3, 0.4) is 0 Å². The van der Waals surface area contributed by atoms with E-state index >= 15 is 0 Å². The van der Waals surface area contributed by atoms with E-state index in [-0.39, 0.29) is 5.69 Å². The lowest BCUT2D eigenvalue weighted by Crippen LogP contribution is -2.43. The molecule has 0 unspecified atom stereocenters. The third-order valence-electron chi connectivity index (χ3n) is 3.67. The fraction of sp³-hybridized carbons (Fsp3) is 0.571. The molecule has 21 heavy (non-hydrogen) atoms. The molecule has 0 saturated carbocycles. The number of piperidine rings is 1. The Morgan fingerprint density at radius 1 is 1.33 bits per heavy atom. The zero-order valence-corrected chi connectivity index (χ0v) is 13.0. The lowest BCUT2D eigenvalue weighted by molar-refractivity contribution is 0.269. The molecule has 0 spiro atoms. The molecule has 1 fully saturated rings. The molecule has 1 aromatic carbocycles. The Balaban J connectivity index is 1.92. The van der Waals surface area contributed by atoms with E-state index in [1.165, 1.54) is 22.5 Å². The van der Waals surface area contributed by atoms with Gasteiger partial charge in [-0.1, -0.05) is 13.0 Å². The lowest BCUT2D eigenvalue weighted by atomic mass is 9.98. The Bertz CT molecular complexity index is 557. The van der Waals surface area contributed by atoms with Crippen molar-refractivity contribution in [3.05, 3.63) is 30.1 Å². The van der Waals surface area contributed by atoms with Crippen LogP contribution in [0.2, 0.25) is 0 Å². The van der Waals surface area contributed by atoms with Crippen molar-refractivity contribution in [3.8, 4) is 0 Å². The number of hydrogen-bond acceptors (Lipinski definition) is 3. The molecule has 5 nitrogen and oxygen atoms in total. The molecule has 0 bridgehead atoms. The van der Waals surface area contributed by atoms with E-state index in [9.17, 15) is 12.8 Å². The first-order chi connectivity index (χ1) is 10.0. The monoisotopic (exact) mass is 315 g/mol. The fourth-order valence-electron chi connectivity index (χ4n) is 2.47. The summed E-state index contributed by atoms with van der Waals surface area (Å²) in [7, 11) is -3.60. The molecule has 0 atom stereocenters. The van der Waals surface area contributed by atoms with Crippen molar-refractivity contribution in [1.82, 2.24) is 9.62 Å². The van der Waals surface area contributed by atoms with Gasteiger partial charge in [-0.05, 0) is 50.0 Å². The maximum Gasteiger partial charge on any atom is 0.301 e. The Hall–Kier alpha value is -1.18. The molecular formula is C14H22FN3O2S. The van der Waals surface area contributed by atoms with Crippen LogP contribution in [0.25, 0.3) is 0 Å². The van der Waals surface area contributed by atoms with Crippen molar-refractivity contribution in [2.75, 3.05) is 30.9 Å². The van der Waals surface area contributed by atoms with Crippen LogP contribution in [0, 0.1) is 11.7 Å². The molecule has 2 N–H and O–H groups in total. The molecule has 1 aliphatic heterocycles. The molecule has 118 valence electrons.